The van der Waals surface area contributed by atoms with Gasteiger partial charge in [-0.25, -0.2) is 8.78 Å². The van der Waals surface area contributed by atoms with Gasteiger partial charge in [-0.3, -0.25) is 4.79 Å². The zero-order valence-corrected chi connectivity index (χ0v) is 10.5. The van der Waals surface area contributed by atoms with Gasteiger partial charge in [-0.2, -0.15) is 5.26 Å². The number of nitrogens with zero attached hydrogens (tertiary/aromatic N) is 1. The summed E-state index contributed by atoms with van der Waals surface area (Å²) in [7, 11) is 0. The number of anilines is 1. The van der Waals surface area contributed by atoms with Crippen LogP contribution in [-0.4, -0.2) is 24.9 Å². The Morgan fingerprint density at radius 2 is 2.32 bits per heavy atom. The van der Waals surface area contributed by atoms with Crippen molar-refractivity contribution in [3.63, 3.8) is 0 Å². The summed E-state index contributed by atoms with van der Waals surface area (Å²) in [5.41, 5.74) is 0.546. The lowest BCUT2D eigenvalue weighted by Crippen LogP contribution is -2.36. The second-order valence-corrected chi connectivity index (χ2v) is 4.65. The summed E-state index contributed by atoms with van der Waals surface area (Å²) >= 11 is 5.79. The molecule has 100 valence electrons. The number of nitriles is 1. The van der Waals surface area contributed by atoms with Gasteiger partial charge in [0.25, 0.3) is 5.92 Å². The van der Waals surface area contributed by atoms with Crippen LogP contribution < -0.4 is 10.6 Å². The third kappa shape index (κ3) is 2.83. The normalized spacial score (nSPS) is 20.8. The second kappa shape index (κ2) is 5.11. The van der Waals surface area contributed by atoms with Crippen LogP contribution in [0.25, 0.3) is 0 Å². The zero-order valence-electron chi connectivity index (χ0n) is 9.71. The molecule has 1 atom stereocenters. The maximum atomic E-state index is 13.4. The fraction of sp³-hybridized carbons (Fsp3) is 0.333. The Morgan fingerprint density at radius 1 is 1.58 bits per heavy atom. The minimum absolute atomic E-state index is 0.0666. The Bertz CT molecular complexity index is 556. The molecule has 1 saturated heterocycles. The van der Waals surface area contributed by atoms with E-state index in [0.717, 1.165) is 0 Å². The molecule has 1 aromatic carbocycles. The van der Waals surface area contributed by atoms with Crippen LogP contribution in [0.15, 0.2) is 18.2 Å². The van der Waals surface area contributed by atoms with Gasteiger partial charge >= 0.3 is 0 Å². The van der Waals surface area contributed by atoms with Gasteiger partial charge in [0.05, 0.1) is 17.1 Å². The van der Waals surface area contributed by atoms with E-state index >= 15 is 0 Å². The van der Waals surface area contributed by atoms with E-state index in [1.807, 2.05) is 6.07 Å². The van der Waals surface area contributed by atoms with Crippen molar-refractivity contribution in [2.24, 2.45) is 5.92 Å². The molecule has 1 aliphatic rings. The fourth-order valence-electron chi connectivity index (χ4n) is 1.85. The highest BCUT2D eigenvalue weighted by Gasteiger charge is 2.48. The lowest BCUT2D eigenvalue weighted by Gasteiger charge is -2.17. The number of nitrogens with one attached hydrogen (secondary N) is 2. The third-order valence-corrected chi connectivity index (χ3v) is 3.21. The molecular weight excluding hydrogens is 276 g/mol. The molecule has 4 nitrogen and oxygen atoms in total. The minimum Gasteiger partial charge on any atom is -0.326 e. The predicted octanol–water partition coefficient (Wildman–Crippen LogP) is 2.00. The zero-order chi connectivity index (χ0) is 14.0. The van der Waals surface area contributed by atoms with E-state index in [2.05, 4.69) is 10.6 Å². The SMILES string of the molecule is N#Cc1ccc(NC(=O)[C@H]2CNCC2(F)F)cc1Cl. The van der Waals surface area contributed by atoms with Gasteiger partial charge in [0.1, 0.15) is 12.0 Å². The summed E-state index contributed by atoms with van der Waals surface area (Å²) in [5.74, 6) is -5.22. The number of hydrogen-bond donors (Lipinski definition) is 2. The number of rotatable bonds is 2. The average molecular weight is 286 g/mol. The molecule has 0 spiro atoms. The van der Waals surface area contributed by atoms with Crippen molar-refractivity contribution in [2.45, 2.75) is 5.92 Å². The Labute approximate surface area is 113 Å². The fourth-order valence-corrected chi connectivity index (χ4v) is 2.08. The first kappa shape index (κ1) is 13.7. The van der Waals surface area contributed by atoms with Crippen molar-refractivity contribution < 1.29 is 13.6 Å². The first-order chi connectivity index (χ1) is 8.94. The standard InChI is InChI=1S/C12H10ClF2N3O/c13-10-3-8(2-1-7(10)4-16)18-11(19)9-5-17-6-12(9,14)15/h1-3,9,17H,5-6H2,(H,18,19)/t9-/m1/s1. The number of carbonyl (C=O) groups is 1. The molecule has 0 unspecified atom stereocenters. The highest BCUT2D eigenvalue weighted by molar-refractivity contribution is 6.32. The number of hydrogen-bond acceptors (Lipinski definition) is 3. The van der Waals surface area contributed by atoms with Gasteiger partial charge in [0.2, 0.25) is 5.91 Å². The molecule has 0 bridgehead atoms. The van der Waals surface area contributed by atoms with E-state index in [4.69, 9.17) is 16.9 Å². The Balaban J connectivity index is 2.12. The van der Waals surface area contributed by atoms with Crippen LogP contribution in [0.3, 0.4) is 0 Å². The lowest BCUT2D eigenvalue weighted by molar-refractivity contribution is -0.128. The van der Waals surface area contributed by atoms with Crippen LogP contribution in [0, 0.1) is 17.2 Å². The molecule has 1 heterocycles. The van der Waals surface area contributed by atoms with Crippen molar-refractivity contribution >= 4 is 23.2 Å². The van der Waals surface area contributed by atoms with E-state index in [0.29, 0.717) is 0 Å². The number of alkyl halides is 2. The summed E-state index contributed by atoms with van der Waals surface area (Å²) in [6, 6.07) is 6.10. The van der Waals surface area contributed by atoms with E-state index in [9.17, 15) is 13.6 Å². The quantitative estimate of drug-likeness (QED) is 0.873. The van der Waals surface area contributed by atoms with E-state index in [1.165, 1.54) is 18.2 Å². The van der Waals surface area contributed by atoms with Gasteiger partial charge in [-0.15, -0.1) is 0 Å². The topological polar surface area (TPSA) is 64.9 Å². The monoisotopic (exact) mass is 285 g/mol. The maximum Gasteiger partial charge on any atom is 0.273 e. The number of amides is 1. The lowest BCUT2D eigenvalue weighted by atomic mass is 10.0. The molecule has 2 N–H and O–H groups in total. The van der Waals surface area contributed by atoms with Crippen molar-refractivity contribution in [3.8, 4) is 6.07 Å². The Kier molecular flexibility index (Phi) is 3.69. The van der Waals surface area contributed by atoms with E-state index < -0.39 is 24.3 Å². The molecule has 2 rings (SSSR count). The molecule has 1 aromatic rings. The second-order valence-electron chi connectivity index (χ2n) is 4.24. The van der Waals surface area contributed by atoms with Crippen molar-refractivity contribution in [3.05, 3.63) is 28.8 Å². The number of halogens is 3. The molecule has 0 saturated carbocycles. The highest BCUT2D eigenvalue weighted by atomic mass is 35.5. The Morgan fingerprint density at radius 3 is 2.84 bits per heavy atom. The van der Waals surface area contributed by atoms with Crippen LogP contribution in [0.1, 0.15) is 5.56 Å². The van der Waals surface area contributed by atoms with Gasteiger partial charge in [0, 0.05) is 12.2 Å². The van der Waals surface area contributed by atoms with Crippen LogP contribution >= 0.6 is 11.6 Å². The molecule has 0 aromatic heterocycles. The van der Waals surface area contributed by atoms with Crippen LogP contribution in [0.4, 0.5) is 14.5 Å². The van der Waals surface area contributed by atoms with Gasteiger partial charge in [-0.1, -0.05) is 11.6 Å². The summed E-state index contributed by atoms with van der Waals surface area (Å²) in [5, 5.41) is 13.7. The molecule has 0 radical (unpaired) electrons. The summed E-state index contributed by atoms with van der Waals surface area (Å²) in [4.78, 5) is 11.8. The van der Waals surface area contributed by atoms with Gasteiger partial charge < -0.3 is 10.6 Å². The maximum absolute atomic E-state index is 13.4. The molecule has 0 aliphatic carbocycles. The van der Waals surface area contributed by atoms with Gasteiger partial charge in [0.15, 0.2) is 0 Å². The molecular formula is C12H10ClF2N3O. The van der Waals surface area contributed by atoms with Gasteiger partial charge in [-0.05, 0) is 18.2 Å². The third-order valence-electron chi connectivity index (χ3n) is 2.89. The van der Waals surface area contributed by atoms with Crippen molar-refractivity contribution in [2.75, 3.05) is 18.4 Å². The summed E-state index contributed by atoms with van der Waals surface area (Å²) < 4.78 is 26.7. The molecule has 7 heteroatoms. The van der Waals surface area contributed by atoms with E-state index in [-0.39, 0.29) is 22.8 Å². The first-order valence-corrected chi connectivity index (χ1v) is 5.91. The average Bonchev–Trinajstić information content (AvgIpc) is 2.69. The van der Waals surface area contributed by atoms with Crippen LogP contribution in [0.5, 0.6) is 0 Å². The molecule has 1 amide bonds. The highest BCUT2D eigenvalue weighted by Crippen LogP contribution is 2.29. The summed E-state index contributed by atoms with van der Waals surface area (Å²) in [6.45, 7) is -0.567. The predicted molar refractivity (Wildman–Crippen MR) is 66.1 cm³/mol. The number of benzene rings is 1. The molecule has 1 aliphatic heterocycles. The first-order valence-electron chi connectivity index (χ1n) is 5.53. The van der Waals surface area contributed by atoms with Crippen molar-refractivity contribution in [1.29, 1.82) is 5.26 Å². The smallest absolute Gasteiger partial charge is 0.273 e. The molecule has 19 heavy (non-hydrogen) atoms. The Hall–Kier alpha value is -1.71. The van der Waals surface area contributed by atoms with Crippen LogP contribution in [-0.2, 0) is 4.79 Å². The van der Waals surface area contributed by atoms with Crippen LogP contribution in [0.2, 0.25) is 5.02 Å². The molecule has 1 fully saturated rings. The van der Waals surface area contributed by atoms with E-state index in [1.54, 1.807) is 0 Å². The van der Waals surface area contributed by atoms with Crippen molar-refractivity contribution in [1.82, 2.24) is 5.32 Å². The minimum atomic E-state index is -3.06. The largest absolute Gasteiger partial charge is 0.326 e. The number of carbonyl (C=O) groups excluding carboxylic acids is 1. The summed E-state index contributed by atoms with van der Waals surface area (Å²) in [6.07, 6.45) is 0.